The van der Waals surface area contributed by atoms with E-state index in [-0.39, 0.29) is 5.78 Å². The zero-order valence-corrected chi connectivity index (χ0v) is 8.31. The van der Waals surface area contributed by atoms with E-state index in [0.29, 0.717) is 5.75 Å². The van der Waals surface area contributed by atoms with E-state index in [0.717, 1.165) is 10.9 Å². The van der Waals surface area contributed by atoms with Crippen LogP contribution in [0.15, 0.2) is 11.4 Å². The first-order chi connectivity index (χ1) is 5.61. The monoisotopic (exact) mass is 184 g/mol. The summed E-state index contributed by atoms with van der Waals surface area (Å²) in [6.45, 7) is 3.58. The summed E-state index contributed by atoms with van der Waals surface area (Å²) in [6, 6.07) is 0. The summed E-state index contributed by atoms with van der Waals surface area (Å²) in [5.41, 5.74) is 1.11. The first-order valence-corrected chi connectivity index (χ1v) is 4.70. The molecule has 0 bridgehead atoms. The lowest BCUT2D eigenvalue weighted by Gasteiger charge is -2.00. The number of ketones is 1. The predicted octanol–water partition coefficient (Wildman–Crippen LogP) is 1.41. The third-order valence-corrected chi connectivity index (χ3v) is 2.77. The Morgan fingerprint density at radius 3 is 2.83 bits per heavy atom. The molecule has 1 aromatic rings. The number of carbonyl (C=O) groups excluding carboxylic acids is 1. The summed E-state index contributed by atoms with van der Waals surface area (Å²) in [4.78, 5) is 14.8. The number of hydrogen-bond acceptors (Lipinski definition) is 3. The maximum atomic E-state index is 10.7. The molecule has 0 aliphatic heterocycles. The predicted molar refractivity (Wildman–Crippen MR) is 49.4 cm³/mol. The van der Waals surface area contributed by atoms with Gasteiger partial charge in [0.25, 0.3) is 0 Å². The van der Waals surface area contributed by atoms with E-state index in [1.165, 1.54) is 11.8 Å². The molecule has 0 aromatic carbocycles. The van der Waals surface area contributed by atoms with E-state index in [4.69, 9.17) is 0 Å². The summed E-state index contributed by atoms with van der Waals surface area (Å²) in [6.07, 6.45) is 1.81. The maximum absolute atomic E-state index is 10.7. The second kappa shape index (κ2) is 3.76. The maximum Gasteiger partial charge on any atom is 0.168 e. The van der Waals surface area contributed by atoms with Crippen molar-refractivity contribution in [1.29, 1.82) is 0 Å². The molecule has 4 heteroatoms. The summed E-state index contributed by atoms with van der Waals surface area (Å²) < 4.78 is 1.98. The average Bonchev–Trinajstić information content (AvgIpc) is 2.30. The van der Waals surface area contributed by atoms with Crippen molar-refractivity contribution in [3.05, 3.63) is 11.9 Å². The van der Waals surface area contributed by atoms with Crippen LogP contribution < -0.4 is 0 Å². The number of hydrogen-bond donors (Lipinski definition) is 0. The van der Waals surface area contributed by atoms with Crippen molar-refractivity contribution in [2.45, 2.75) is 19.0 Å². The molecular weight excluding hydrogens is 172 g/mol. The van der Waals surface area contributed by atoms with Gasteiger partial charge in [-0.25, -0.2) is 4.98 Å². The van der Waals surface area contributed by atoms with Gasteiger partial charge in [0, 0.05) is 18.9 Å². The molecule has 0 fully saturated rings. The molecule has 0 aliphatic rings. The van der Waals surface area contributed by atoms with Crippen molar-refractivity contribution in [3.63, 3.8) is 0 Å². The van der Waals surface area contributed by atoms with E-state index in [1.807, 2.05) is 24.7 Å². The van der Waals surface area contributed by atoms with Gasteiger partial charge in [-0.05, 0) is 13.8 Å². The number of nitrogens with zero attached hydrogens (tertiary/aromatic N) is 2. The van der Waals surface area contributed by atoms with Crippen LogP contribution in [0.4, 0.5) is 0 Å². The SMILES string of the molecule is CC(=O)CSc1ncc(C)n1C. The molecule has 3 nitrogen and oxygen atoms in total. The minimum Gasteiger partial charge on any atom is -0.327 e. The van der Waals surface area contributed by atoms with E-state index in [2.05, 4.69) is 4.98 Å². The number of carbonyl (C=O) groups is 1. The molecule has 1 rings (SSSR count). The van der Waals surface area contributed by atoms with Crippen molar-refractivity contribution in [2.75, 3.05) is 5.75 Å². The van der Waals surface area contributed by atoms with Crippen LogP contribution in [0.5, 0.6) is 0 Å². The van der Waals surface area contributed by atoms with Crippen LogP contribution in [0.25, 0.3) is 0 Å². The van der Waals surface area contributed by atoms with E-state index < -0.39 is 0 Å². The van der Waals surface area contributed by atoms with Gasteiger partial charge < -0.3 is 4.57 Å². The number of thioether (sulfide) groups is 1. The summed E-state index contributed by atoms with van der Waals surface area (Å²) >= 11 is 1.48. The highest BCUT2D eigenvalue weighted by Gasteiger charge is 2.04. The molecular formula is C8H12N2OS. The Hall–Kier alpha value is -0.770. The molecule has 1 heterocycles. The molecule has 66 valence electrons. The Balaban J connectivity index is 2.63. The van der Waals surface area contributed by atoms with E-state index in [1.54, 1.807) is 6.92 Å². The molecule has 0 amide bonds. The van der Waals surface area contributed by atoms with Crippen molar-refractivity contribution < 1.29 is 4.79 Å². The first kappa shape index (κ1) is 9.32. The molecule has 0 unspecified atom stereocenters. The number of aromatic nitrogens is 2. The van der Waals surface area contributed by atoms with Crippen LogP contribution in [-0.2, 0) is 11.8 Å². The lowest BCUT2D eigenvalue weighted by atomic mass is 10.5. The molecule has 0 N–H and O–H groups in total. The third-order valence-electron chi connectivity index (χ3n) is 1.58. The van der Waals surface area contributed by atoms with Crippen molar-refractivity contribution in [3.8, 4) is 0 Å². The highest BCUT2D eigenvalue weighted by Crippen LogP contribution is 2.16. The zero-order valence-electron chi connectivity index (χ0n) is 7.50. The van der Waals surface area contributed by atoms with Gasteiger partial charge in [0.15, 0.2) is 5.16 Å². The first-order valence-electron chi connectivity index (χ1n) is 3.72. The van der Waals surface area contributed by atoms with Gasteiger partial charge >= 0.3 is 0 Å². The van der Waals surface area contributed by atoms with Crippen LogP contribution in [-0.4, -0.2) is 21.1 Å². The minimum absolute atomic E-state index is 0.181. The topological polar surface area (TPSA) is 34.9 Å². The summed E-state index contributed by atoms with van der Waals surface area (Å²) in [7, 11) is 1.95. The van der Waals surface area contributed by atoms with Gasteiger partial charge in [-0.2, -0.15) is 0 Å². The van der Waals surface area contributed by atoms with Gasteiger partial charge in [-0.15, -0.1) is 0 Å². The lowest BCUT2D eigenvalue weighted by molar-refractivity contribution is -0.114. The third kappa shape index (κ3) is 2.11. The van der Waals surface area contributed by atoms with Crippen LogP contribution in [0.1, 0.15) is 12.6 Å². The largest absolute Gasteiger partial charge is 0.327 e. The fourth-order valence-corrected chi connectivity index (χ4v) is 1.57. The highest BCUT2D eigenvalue weighted by atomic mass is 32.2. The highest BCUT2D eigenvalue weighted by molar-refractivity contribution is 7.99. The Labute approximate surface area is 76.2 Å². The van der Waals surface area contributed by atoms with Crippen LogP contribution in [0.2, 0.25) is 0 Å². The van der Waals surface area contributed by atoms with Crippen LogP contribution in [0, 0.1) is 6.92 Å². The molecule has 1 aromatic heterocycles. The van der Waals surface area contributed by atoms with Crippen molar-refractivity contribution in [1.82, 2.24) is 9.55 Å². The zero-order chi connectivity index (χ0) is 9.14. The minimum atomic E-state index is 0.181. The molecule has 0 saturated heterocycles. The van der Waals surface area contributed by atoms with Crippen LogP contribution in [0.3, 0.4) is 0 Å². The standard InChI is InChI=1S/C8H12N2OS/c1-6-4-9-8(10(6)3)12-5-7(2)11/h4H,5H2,1-3H3. The van der Waals surface area contributed by atoms with Gasteiger partial charge in [-0.1, -0.05) is 11.8 Å². The second-order valence-electron chi connectivity index (χ2n) is 2.73. The number of rotatable bonds is 3. The van der Waals surface area contributed by atoms with E-state index in [9.17, 15) is 4.79 Å². The van der Waals surface area contributed by atoms with Gasteiger partial charge in [-0.3, -0.25) is 4.79 Å². The molecule has 0 radical (unpaired) electrons. The second-order valence-corrected chi connectivity index (χ2v) is 3.67. The van der Waals surface area contributed by atoms with Crippen molar-refractivity contribution in [2.24, 2.45) is 7.05 Å². The van der Waals surface area contributed by atoms with Gasteiger partial charge in [0.1, 0.15) is 5.78 Å². The van der Waals surface area contributed by atoms with Crippen molar-refractivity contribution >= 4 is 17.5 Å². The Morgan fingerprint density at radius 1 is 1.75 bits per heavy atom. The number of Topliss-reactive ketones (excluding diaryl/α,β-unsaturated/α-hetero) is 1. The molecule has 12 heavy (non-hydrogen) atoms. The average molecular weight is 184 g/mol. The van der Waals surface area contributed by atoms with E-state index >= 15 is 0 Å². The normalized spacial score (nSPS) is 10.2. The van der Waals surface area contributed by atoms with Gasteiger partial charge in [0.2, 0.25) is 0 Å². The molecule has 0 atom stereocenters. The smallest absolute Gasteiger partial charge is 0.168 e. The molecule has 0 saturated carbocycles. The molecule has 0 aliphatic carbocycles. The number of imidazole rings is 1. The fourth-order valence-electron chi connectivity index (χ4n) is 0.773. The Kier molecular flexibility index (Phi) is 2.92. The quantitative estimate of drug-likeness (QED) is 0.666. The lowest BCUT2D eigenvalue weighted by Crippen LogP contribution is -1.98. The summed E-state index contributed by atoms with van der Waals surface area (Å²) in [5, 5.41) is 0.905. The fraction of sp³-hybridized carbons (Fsp3) is 0.500. The van der Waals surface area contributed by atoms with Crippen LogP contribution >= 0.6 is 11.8 Å². The Morgan fingerprint density at radius 2 is 2.42 bits per heavy atom. The number of aryl methyl sites for hydroxylation is 1. The van der Waals surface area contributed by atoms with Gasteiger partial charge in [0.05, 0.1) is 5.75 Å². The summed E-state index contributed by atoms with van der Waals surface area (Å²) in [5.74, 6) is 0.685. The molecule has 0 spiro atoms. The Bertz CT molecular complexity index is 293.